The first-order valence-electron chi connectivity index (χ1n) is 13.1. The maximum Gasteiger partial charge on any atom is 0.408 e. The van der Waals surface area contributed by atoms with Crippen LogP contribution in [0.25, 0.3) is 44.2 Å². The molecule has 40 heavy (non-hydrogen) atoms. The fourth-order valence-corrected chi connectivity index (χ4v) is 5.69. The van der Waals surface area contributed by atoms with Gasteiger partial charge in [0, 0.05) is 27.8 Å². The molecule has 1 aromatic heterocycles. The number of benzene rings is 4. The lowest BCUT2D eigenvalue weighted by Gasteiger charge is -2.22. The summed E-state index contributed by atoms with van der Waals surface area (Å²) in [4.78, 5) is 23.8. The Morgan fingerprint density at radius 3 is 2.20 bits per heavy atom. The molecule has 0 fully saturated rings. The number of rotatable bonds is 8. The van der Waals surface area contributed by atoms with Crippen LogP contribution in [-0.2, 0) is 15.3 Å². The first-order valence-corrected chi connectivity index (χ1v) is 14.2. The SMILES string of the molecule is CC(C)(C)OC(=O)N[C@@H](CSCc1ccccc1-c1ccc(-c2cccc3c2oc2ccccc23)cc1)C(=O)O. The molecule has 0 aliphatic rings. The second-order valence-electron chi connectivity index (χ2n) is 10.6. The van der Waals surface area contributed by atoms with E-state index in [9.17, 15) is 14.7 Å². The highest BCUT2D eigenvalue weighted by Gasteiger charge is 2.24. The van der Waals surface area contributed by atoms with Gasteiger partial charge in [-0.1, -0.05) is 84.9 Å². The molecule has 1 amide bonds. The molecule has 2 N–H and O–H groups in total. The molecule has 7 heteroatoms. The molecule has 0 saturated heterocycles. The zero-order chi connectivity index (χ0) is 28.3. The monoisotopic (exact) mass is 553 g/mol. The van der Waals surface area contributed by atoms with Crippen LogP contribution in [-0.4, -0.2) is 34.6 Å². The Morgan fingerprint density at radius 1 is 0.850 bits per heavy atom. The van der Waals surface area contributed by atoms with Gasteiger partial charge in [-0.3, -0.25) is 0 Å². The summed E-state index contributed by atoms with van der Waals surface area (Å²) in [5.41, 5.74) is 6.39. The zero-order valence-corrected chi connectivity index (χ0v) is 23.5. The number of carboxylic acid groups (broad SMARTS) is 1. The summed E-state index contributed by atoms with van der Waals surface area (Å²) in [6.45, 7) is 5.21. The average Bonchev–Trinajstić information content (AvgIpc) is 3.31. The number of fused-ring (bicyclic) bond motifs is 3. The number of furan rings is 1. The number of amides is 1. The second kappa shape index (κ2) is 11.5. The van der Waals surface area contributed by atoms with Gasteiger partial charge in [0.25, 0.3) is 0 Å². The van der Waals surface area contributed by atoms with E-state index in [-0.39, 0.29) is 5.75 Å². The van der Waals surface area contributed by atoms with Crippen molar-refractivity contribution in [3.8, 4) is 22.3 Å². The lowest BCUT2D eigenvalue weighted by atomic mass is 9.97. The van der Waals surface area contributed by atoms with Crippen molar-refractivity contribution in [1.82, 2.24) is 5.32 Å². The topological polar surface area (TPSA) is 88.8 Å². The second-order valence-corrected chi connectivity index (χ2v) is 11.6. The number of hydrogen-bond donors (Lipinski definition) is 2. The smallest absolute Gasteiger partial charge is 0.408 e. The summed E-state index contributed by atoms with van der Waals surface area (Å²) in [6.07, 6.45) is -0.737. The molecule has 4 aromatic carbocycles. The minimum atomic E-state index is -1.10. The average molecular weight is 554 g/mol. The first kappa shape index (κ1) is 27.3. The third kappa shape index (κ3) is 6.15. The van der Waals surface area contributed by atoms with Crippen LogP contribution in [0.3, 0.4) is 0 Å². The highest BCUT2D eigenvalue weighted by atomic mass is 32.2. The van der Waals surface area contributed by atoms with Crippen molar-refractivity contribution < 1.29 is 23.8 Å². The van der Waals surface area contributed by atoms with E-state index in [1.165, 1.54) is 11.8 Å². The van der Waals surface area contributed by atoms with Gasteiger partial charge in [0.05, 0.1) is 0 Å². The summed E-state index contributed by atoms with van der Waals surface area (Å²) in [6, 6.07) is 29.7. The third-order valence-corrected chi connectivity index (χ3v) is 7.54. The number of hydrogen-bond acceptors (Lipinski definition) is 5. The molecule has 1 heterocycles. The van der Waals surface area contributed by atoms with Crippen LogP contribution in [0.15, 0.2) is 95.4 Å². The highest BCUT2D eigenvalue weighted by Crippen LogP contribution is 2.36. The van der Waals surface area contributed by atoms with Gasteiger partial charge in [0.15, 0.2) is 0 Å². The maximum atomic E-state index is 12.1. The third-order valence-electron chi connectivity index (χ3n) is 6.46. The van der Waals surface area contributed by atoms with E-state index < -0.39 is 23.7 Å². The standard InChI is InChI=1S/C33H31NO5S/c1-33(2,3)39-32(37)34-28(31(35)36)20-40-19-23-9-4-5-10-24(23)21-15-17-22(18-16-21)25-12-8-13-27-26-11-6-7-14-29(26)38-30(25)27/h4-18,28H,19-20H2,1-3H3,(H,34,37)(H,35,36)/t28-/m0/s1. The van der Waals surface area contributed by atoms with Crippen LogP contribution >= 0.6 is 11.8 Å². The molecule has 0 radical (unpaired) electrons. The van der Waals surface area contributed by atoms with E-state index in [1.807, 2.05) is 36.4 Å². The minimum absolute atomic E-state index is 0.212. The molecule has 0 spiro atoms. The Hall–Kier alpha value is -4.23. The quantitative estimate of drug-likeness (QED) is 0.202. The van der Waals surface area contributed by atoms with Crippen LogP contribution in [0.1, 0.15) is 26.3 Å². The molecular weight excluding hydrogens is 522 g/mol. The van der Waals surface area contributed by atoms with E-state index in [1.54, 1.807) is 20.8 Å². The van der Waals surface area contributed by atoms with Crippen molar-refractivity contribution in [2.45, 2.75) is 38.2 Å². The Balaban J connectivity index is 1.31. The molecule has 0 saturated carbocycles. The number of carbonyl (C=O) groups is 2. The minimum Gasteiger partial charge on any atom is -0.480 e. The van der Waals surface area contributed by atoms with Gasteiger partial charge in [-0.05, 0) is 49.1 Å². The molecule has 0 unspecified atom stereocenters. The van der Waals surface area contributed by atoms with E-state index >= 15 is 0 Å². The molecule has 5 aromatic rings. The van der Waals surface area contributed by atoms with Gasteiger partial charge < -0.3 is 19.6 Å². The van der Waals surface area contributed by atoms with Crippen molar-refractivity contribution in [3.05, 3.63) is 96.6 Å². The van der Waals surface area contributed by atoms with Gasteiger partial charge in [0.1, 0.15) is 22.8 Å². The molecule has 0 aliphatic heterocycles. The maximum absolute atomic E-state index is 12.1. The molecule has 6 nitrogen and oxygen atoms in total. The molecule has 0 aliphatic carbocycles. The summed E-state index contributed by atoms with van der Waals surface area (Å²) in [7, 11) is 0. The number of aliphatic carboxylic acids is 1. The van der Waals surface area contributed by atoms with Crippen LogP contribution in [0.5, 0.6) is 0 Å². The fraction of sp³-hybridized carbons (Fsp3) is 0.212. The molecule has 204 valence electrons. The number of carbonyl (C=O) groups excluding carboxylic acids is 1. The zero-order valence-electron chi connectivity index (χ0n) is 22.6. The first-order chi connectivity index (χ1) is 19.2. The van der Waals surface area contributed by atoms with Crippen LogP contribution in [0, 0.1) is 0 Å². The van der Waals surface area contributed by atoms with E-state index in [2.05, 4.69) is 59.9 Å². The van der Waals surface area contributed by atoms with Crippen molar-refractivity contribution in [3.63, 3.8) is 0 Å². The Kier molecular flexibility index (Phi) is 7.85. The van der Waals surface area contributed by atoms with Crippen molar-refractivity contribution in [2.75, 3.05) is 5.75 Å². The van der Waals surface area contributed by atoms with Gasteiger partial charge >= 0.3 is 12.1 Å². The Morgan fingerprint density at radius 2 is 1.48 bits per heavy atom. The van der Waals surface area contributed by atoms with Crippen LogP contribution in [0.4, 0.5) is 4.79 Å². The predicted molar refractivity (Wildman–Crippen MR) is 162 cm³/mol. The molecule has 0 bridgehead atoms. The van der Waals surface area contributed by atoms with E-state index in [0.29, 0.717) is 5.75 Å². The number of alkyl carbamates (subject to hydrolysis) is 1. The summed E-state index contributed by atoms with van der Waals surface area (Å²) in [5, 5.41) is 14.2. The lowest BCUT2D eigenvalue weighted by molar-refractivity contribution is -0.138. The lowest BCUT2D eigenvalue weighted by Crippen LogP contribution is -2.44. The normalized spacial score (nSPS) is 12.4. The number of ether oxygens (including phenoxy) is 1. The van der Waals surface area contributed by atoms with E-state index in [0.717, 1.165) is 49.8 Å². The number of carboxylic acids is 1. The highest BCUT2D eigenvalue weighted by molar-refractivity contribution is 7.98. The Labute approximate surface area is 237 Å². The molecular formula is C33H31NO5S. The molecule has 1 atom stereocenters. The molecule has 5 rings (SSSR count). The van der Waals surface area contributed by atoms with Gasteiger partial charge in [-0.15, -0.1) is 0 Å². The van der Waals surface area contributed by atoms with Gasteiger partial charge in [-0.2, -0.15) is 11.8 Å². The number of para-hydroxylation sites is 2. The van der Waals surface area contributed by atoms with Crippen molar-refractivity contribution in [2.24, 2.45) is 0 Å². The van der Waals surface area contributed by atoms with Gasteiger partial charge in [0.2, 0.25) is 0 Å². The number of nitrogens with one attached hydrogen (secondary N) is 1. The summed E-state index contributed by atoms with van der Waals surface area (Å²) in [5.74, 6) is -0.291. The largest absolute Gasteiger partial charge is 0.480 e. The predicted octanol–water partition coefficient (Wildman–Crippen LogP) is 8.13. The van der Waals surface area contributed by atoms with E-state index in [4.69, 9.17) is 9.15 Å². The van der Waals surface area contributed by atoms with Crippen LogP contribution < -0.4 is 5.32 Å². The number of thioether (sulfide) groups is 1. The Bertz CT molecular complexity index is 1670. The summed E-state index contributed by atoms with van der Waals surface area (Å²) >= 11 is 1.45. The van der Waals surface area contributed by atoms with Crippen LogP contribution in [0.2, 0.25) is 0 Å². The van der Waals surface area contributed by atoms with Crippen molar-refractivity contribution >= 4 is 45.8 Å². The fourth-order valence-electron chi connectivity index (χ4n) is 4.64. The summed E-state index contributed by atoms with van der Waals surface area (Å²) < 4.78 is 11.4. The van der Waals surface area contributed by atoms with Crippen molar-refractivity contribution in [1.29, 1.82) is 0 Å². The van der Waals surface area contributed by atoms with Gasteiger partial charge in [-0.25, -0.2) is 9.59 Å².